The Kier molecular flexibility index (Phi) is 21.1. The van der Waals surface area contributed by atoms with Gasteiger partial charge < -0.3 is 5.11 Å². The van der Waals surface area contributed by atoms with Gasteiger partial charge in [-0.1, -0.05) is 84.0 Å². The first-order valence-electron chi connectivity index (χ1n) is 9.59. The molecule has 0 fully saturated rings. The van der Waals surface area contributed by atoms with Gasteiger partial charge in [-0.15, -0.1) is 0 Å². The molecule has 1 atom stereocenters. The van der Waals surface area contributed by atoms with Gasteiger partial charge in [-0.3, -0.25) is 4.55 Å². The van der Waals surface area contributed by atoms with Crippen LogP contribution in [-0.2, 0) is 10.1 Å². The summed E-state index contributed by atoms with van der Waals surface area (Å²) in [5, 5.41) is 9.73. The Morgan fingerprint density at radius 2 is 1.08 bits per heavy atom. The van der Waals surface area contributed by atoms with Crippen molar-refractivity contribution in [3.05, 3.63) is 0 Å². The average molecular weight is 375 g/mol. The van der Waals surface area contributed by atoms with Crippen LogP contribution in [0.2, 0.25) is 0 Å². The van der Waals surface area contributed by atoms with E-state index in [2.05, 4.69) is 6.92 Å². The quantitative estimate of drug-likeness (QED) is 0.224. The molecule has 0 radical (unpaired) electrons. The van der Waals surface area contributed by atoms with Gasteiger partial charge >= 0.3 is 29.6 Å². The van der Waals surface area contributed by atoms with Gasteiger partial charge in [0.05, 0.1) is 11.9 Å². The fourth-order valence-electron chi connectivity index (χ4n) is 2.87. The zero-order chi connectivity index (χ0) is 17.4. The SMILES string of the molecule is CCCCCCCCCCCCCCC(O)CCCS(=O)(=O)O.[NaH]. The van der Waals surface area contributed by atoms with Gasteiger partial charge in [0.25, 0.3) is 10.1 Å². The molecule has 142 valence electrons. The standard InChI is InChI=1S/C18H38O4S.Na.H/c1-2-3-4-5-6-7-8-9-10-11-12-13-15-18(19)16-14-17-23(20,21)22;;/h18-19H,2-17H2,1H3,(H,20,21,22);;. The van der Waals surface area contributed by atoms with Crippen molar-refractivity contribution in [3.8, 4) is 0 Å². The Hall–Kier alpha value is 0.870. The summed E-state index contributed by atoms with van der Waals surface area (Å²) in [5.41, 5.74) is 0. The molecule has 1 unspecified atom stereocenters. The van der Waals surface area contributed by atoms with Crippen molar-refractivity contribution in [1.29, 1.82) is 0 Å². The minimum atomic E-state index is -3.88. The first-order chi connectivity index (χ1) is 11.0. The van der Waals surface area contributed by atoms with Gasteiger partial charge in [0.15, 0.2) is 0 Å². The summed E-state index contributed by atoms with van der Waals surface area (Å²) >= 11 is 0. The third kappa shape index (κ3) is 22.9. The van der Waals surface area contributed by atoms with Crippen molar-refractivity contribution in [2.24, 2.45) is 0 Å². The molecule has 6 heteroatoms. The van der Waals surface area contributed by atoms with Crippen molar-refractivity contribution < 1.29 is 18.1 Å². The Morgan fingerprint density at radius 1 is 0.708 bits per heavy atom. The number of hydrogen-bond acceptors (Lipinski definition) is 3. The van der Waals surface area contributed by atoms with E-state index in [4.69, 9.17) is 4.55 Å². The van der Waals surface area contributed by atoms with Gasteiger partial charge in [-0.2, -0.15) is 8.42 Å². The Bertz CT molecular complexity index is 347. The van der Waals surface area contributed by atoms with Crippen LogP contribution in [0.25, 0.3) is 0 Å². The molecule has 0 saturated carbocycles. The second-order valence-electron chi connectivity index (χ2n) is 6.76. The van der Waals surface area contributed by atoms with Gasteiger partial charge in [0, 0.05) is 0 Å². The van der Waals surface area contributed by atoms with E-state index in [1.165, 1.54) is 64.2 Å². The van der Waals surface area contributed by atoms with E-state index in [0.717, 1.165) is 19.3 Å². The van der Waals surface area contributed by atoms with Crippen LogP contribution >= 0.6 is 0 Å². The third-order valence-electron chi connectivity index (χ3n) is 4.33. The first kappa shape index (κ1) is 27.1. The number of aliphatic hydroxyl groups excluding tert-OH is 1. The molecular weight excluding hydrogens is 335 g/mol. The minimum absolute atomic E-state index is 0. The van der Waals surface area contributed by atoms with Crippen molar-refractivity contribution in [2.75, 3.05) is 5.75 Å². The van der Waals surface area contributed by atoms with E-state index in [0.29, 0.717) is 12.8 Å². The van der Waals surface area contributed by atoms with E-state index in [-0.39, 0.29) is 35.3 Å². The zero-order valence-electron chi connectivity index (χ0n) is 15.0. The predicted molar refractivity (Wildman–Crippen MR) is 105 cm³/mol. The summed E-state index contributed by atoms with van der Waals surface area (Å²) in [7, 11) is -3.88. The van der Waals surface area contributed by atoms with Crippen LogP contribution in [0.1, 0.15) is 103 Å². The normalized spacial score (nSPS) is 12.8. The number of rotatable bonds is 17. The van der Waals surface area contributed by atoms with Crippen LogP contribution in [0.4, 0.5) is 0 Å². The number of hydrogen-bond donors (Lipinski definition) is 2. The Morgan fingerprint density at radius 3 is 1.50 bits per heavy atom. The fraction of sp³-hybridized carbons (Fsp3) is 1.00. The summed E-state index contributed by atoms with van der Waals surface area (Å²) in [6.45, 7) is 2.25. The van der Waals surface area contributed by atoms with Crippen LogP contribution in [0.5, 0.6) is 0 Å². The van der Waals surface area contributed by atoms with Crippen LogP contribution in [0.15, 0.2) is 0 Å². The maximum atomic E-state index is 10.6. The second-order valence-corrected chi connectivity index (χ2v) is 8.33. The Balaban J connectivity index is 0. The van der Waals surface area contributed by atoms with E-state index >= 15 is 0 Å². The van der Waals surface area contributed by atoms with E-state index in [9.17, 15) is 13.5 Å². The molecule has 0 aromatic heterocycles. The average Bonchev–Trinajstić information content (AvgIpc) is 2.47. The molecule has 0 aliphatic carbocycles. The number of aliphatic hydroxyl groups is 1. The molecule has 0 aliphatic rings. The summed E-state index contributed by atoms with van der Waals surface area (Å²) in [6.07, 6.45) is 16.7. The third-order valence-corrected chi connectivity index (χ3v) is 5.14. The summed E-state index contributed by atoms with van der Waals surface area (Å²) in [6, 6.07) is 0. The molecular formula is C18H39NaO4S. The molecule has 4 nitrogen and oxygen atoms in total. The number of unbranched alkanes of at least 4 members (excludes halogenated alkanes) is 11. The molecule has 0 aromatic carbocycles. The van der Waals surface area contributed by atoms with E-state index in [1.54, 1.807) is 0 Å². The Labute approximate surface area is 172 Å². The summed E-state index contributed by atoms with van der Waals surface area (Å²) in [5.74, 6) is -0.248. The molecule has 0 amide bonds. The maximum absolute atomic E-state index is 10.6. The molecule has 0 rings (SSSR count). The molecule has 24 heavy (non-hydrogen) atoms. The molecule has 0 saturated heterocycles. The van der Waals surface area contributed by atoms with E-state index in [1.807, 2.05) is 0 Å². The van der Waals surface area contributed by atoms with Gasteiger partial charge in [-0.25, -0.2) is 0 Å². The predicted octanol–water partition coefficient (Wildman–Crippen LogP) is 4.46. The van der Waals surface area contributed by atoms with Crippen LogP contribution in [0, 0.1) is 0 Å². The van der Waals surface area contributed by atoms with Gasteiger partial charge in [-0.05, 0) is 19.3 Å². The zero-order valence-corrected chi connectivity index (χ0v) is 15.8. The van der Waals surface area contributed by atoms with Gasteiger partial charge in [0.2, 0.25) is 0 Å². The monoisotopic (exact) mass is 374 g/mol. The molecule has 2 N–H and O–H groups in total. The van der Waals surface area contributed by atoms with Crippen LogP contribution in [0.3, 0.4) is 0 Å². The van der Waals surface area contributed by atoms with Crippen molar-refractivity contribution in [1.82, 2.24) is 0 Å². The topological polar surface area (TPSA) is 74.6 Å². The fourth-order valence-corrected chi connectivity index (χ4v) is 3.40. The first-order valence-corrected chi connectivity index (χ1v) is 11.2. The van der Waals surface area contributed by atoms with Crippen LogP contribution < -0.4 is 0 Å². The molecule has 0 spiro atoms. The molecule has 0 heterocycles. The van der Waals surface area contributed by atoms with Gasteiger partial charge in [0.1, 0.15) is 0 Å². The molecule has 0 aliphatic heterocycles. The van der Waals surface area contributed by atoms with Crippen LogP contribution in [-0.4, -0.2) is 59.5 Å². The van der Waals surface area contributed by atoms with Crippen molar-refractivity contribution in [3.63, 3.8) is 0 Å². The molecule has 0 aromatic rings. The van der Waals surface area contributed by atoms with Crippen molar-refractivity contribution >= 4 is 39.7 Å². The second kappa shape index (κ2) is 18.7. The van der Waals surface area contributed by atoms with E-state index < -0.39 is 16.2 Å². The van der Waals surface area contributed by atoms with Crippen molar-refractivity contribution in [2.45, 2.75) is 109 Å². The molecule has 0 bridgehead atoms. The summed E-state index contributed by atoms with van der Waals surface area (Å²) < 4.78 is 29.7. The summed E-state index contributed by atoms with van der Waals surface area (Å²) in [4.78, 5) is 0.